The van der Waals surface area contributed by atoms with E-state index in [-0.39, 0.29) is 6.79 Å². The van der Waals surface area contributed by atoms with Gasteiger partial charge in [0.2, 0.25) is 0 Å². The molecule has 0 heterocycles. The molecule has 0 aliphatic carbocycles. The smallest absolute Gasteiger partial charge is 0.143 e. The topological polar surface area (TPSA) is 49.7 Å². The average molecular weight is 94.1 g/mol. The van der Waals surface area contributed by atoms with Crippen LogP contribution in [0.5, 0.6) is 0 Å². The Bertz CT molecular complexity index is 8.00. The van der Waals surface area contributed by atoms with Crippen molar-refractivity contribution in [2.24, 2.45) is 0 Å². The molecule has 0 aromatic rings. The molecule has 0 unspecified atom stereocenters. The minimum absolute atomic E-state index is 0.181. The van der Waals surface area contributed by atoms with Crippen LogP contribution in [-0.4, -0.2) is 31.2 Å². The Hall–Kier alpha value is -0.120. The predicted octanol–water partition coefficient (Wildman–Crippen LogP) is -0.809. The summed E-state index contributed by atoms with van der Waals surface area (Å²) in [5.74, 6) is 0. The number of methoxy groups -OCH3 is 1. The van der Waals surface area contributed by atoms with E-state index in [4.69, 9.17) is 10.2 Å². The van der Waals surface area contributed by atoms with Crippen molar-refractivity contribution in [3.8, 4) is 0 Å². The van der Waals surface area contributed by atoms with Gasteiger partial charge in [-0.15, -0.1) is 0 Å². The van der Waals surface area contributed by atoms with Crippen molar-refractivity contribution in [2.75, 3.05) is 21.0 Å². The summed E-state index contributed by atoms with van der Waals surface area (Å²) in [7, 11) is 2.43. The van der Waals surface area contributed by atoms with E-state index in [2.05, 4.69) is 4.74 Å². The molecule has 0 aromatic carbocycles. The van der Waals surface area contributed by atoms with E-state index < -0.39 is 0 Å². The largest absolute Gasteiger partial charge is 0.400 e. The van der Waals surface area contributed by atoms with Gasteiger partial charge in [-0.05, 0) is 0 Å². The molecule has 0 aliphatic rings. The maximum absolute atomic E-state index is 7.65. The number of aliphatic hydroxyl groups is 2. The van der Waals surface area contributed by atoms with Crippen LogP contribution in [0.2, 0.25) is 0 Å². The summed E-state index contributed by atoms with van der Waals surface area (Å²) in [4.78, 5) is 0. The lowest BCUT2D eigenvalue weighted by Gasteiger charge is -1.76. The first kappa shape index (κ1) is 9.30. The van der Waals surface area contributed by atoms with Gasteiger partial charge in [-0.2, -0.15) is 0 Å². The second kappa shape index (κ2) is 20.8. The van der Waals surface area contributed by atoms with Crippen molar-refractivity contribution in [1.29, 1.82) is 0 Å². The molecule has 0 aliphatic heterocycles. The van der Waals surface area contributed by atoms with Crippen molar-refractivity contribution in [3.63, 3.8) is 0 Å². The van der Waals surface area contributed by atoms with Crippen LogP contribution in [0.1, 0.15) is 0 Å². The lowest BCUT2D eigenvalue weighted by molar-refractivity contribution is 0.0325. The average Bonchev–Trinajstić information content (AvgIpc) is 1.72. The van der Waals surface area contributed by atoms with Crippen LogP contribution in [0.15, 0.2) is 0 Å². The van der Waals surface area contributed by atoms with Gasteiger partial charge in [-0.1, -0.05) is 0 Å². The molecule has 0 amide bonds. The Kier molecular flexibility index (Phi) is 32.2. The van der Waals surface area contributed by atoms with Crippen molar-refractivity contribution >= 4 is 0 Å². The molecule has 0 radical (unpaired) electrons. The molecule has 0 bridgehead atoms. The standard InChI is InChI=1S/C2H6O2.CH4O/c1-4-2-3;1-2/h3H,2H2,1H3;2H,1H3. The van der Waals surface area contributed by atoms with Gasteiger partial charge in [0.15, 0.2) is 0 Å². The van der Waals surface area contributed by atoms with Crippen LogP contribution >= 0.6 is 0 Å². The fraction of sp³-hybridized carbons (Fsp3) is 1.00. The minimum Gasteiger partial charge on any atom is -0.400 e. The number of ether oxygens (including phenoxy) is 1. The maximum Gasteiger partial charge on any atom is 0.143 e. The summed E-state index contributed by atoms with van der Waals surface area (Å²) in [5.41, 5.74) is 0. The van der Waals surface area contributed by atoms with Gasteiger partial charge >= 0.3 is 0 Å². The zero-order chi connectivity index (χ0) is 5.41. The summed E-state index contributed by atoms with van der Waals surface area (Å²) in [6.45, 7) is -0.181. The van der Waals surface area contributed by atoms with Crippen molar-refractivity contribution in [2.45, 2.75) is 0 Å². The maximum atomic E-state index is 7.65. The molecule has 0 fully saturated rings. The highest BCUT2D eigenvalue weighted by molar-refractivity contribution is 3.72. The zero-order valence-electron chi connectivity index (χ0n) is 4.01. The van der Waals surface area contributed by atoms with E-state index >= 15 is 0 Å². The van der Waals surface area contributed by atoms with Crippen LogP contribution in [0, 0.1) is 0 Å². The number of aliphatic hydroxyl groups excluding tert-OH is 2. The number of rotatable bonds is 1. The Morgan fingerprint density at radius 3 is 1.67 bits per heavy atom. The van der Waals surface area contributed by atoms with E-state index in [0.29, 0.717) is 0 Å². The second-order valence-corrected chi connectivity index (χ2v) is 0.418. The Balaban J connectivity index is 0. The van der Waals surface area contributed by atoms with Crippen molar-refractivity contribution in [1.82, 2.24) is 0 Å². The number of hydrogen-bond acceptors (Lipinski definition) is 3. The van der Waals surface area contributed by atoms with Crippen LogP contribution in [-0.2, 0) is 4.74 Å². The lowest BCUT2D eigenvalue weighted by atomic mass is 11.4. The lowest BCUT2D eigenvalue weighted by Crippen LogP contribution is -1.79. The van der Waals surface area contributed by atoms with Crippen LogP contribution < -0.4 is 0 Å². The quantitative estimate of drug-likeness (QED) is 0.418. The highest BCUT2D eigenvalue weighted by Gasteiger charge is 1.51. The molecule has 2 N–H and O–H groups in total. The van der Waals surface area contributed by atoms with Gasteiger partial charge < -0.3 is 14.9 Å². The highest BCUT2D eigenvalue weighted by atomic mass is 16.6. The Labute approximate surface area is 37.2 Å². The van der Waals surface area contributed by atoms with Crippen molar-refractivity contribution in [3.05, 3.63) is 0 Å². The van der Waals surface area contributed by atoms with E-state index in [9.17, 15) is 0 Å². The third-order valence-corrected chi connectivity index (χ3v) is 0.129. The van der Waals surface area contributed by atoms with Crippen LogP contribution in [0.3, 0.4) is 0 Å². The molecule has 40 valence electrons. The first-order valence-electron chi connectivity index (χ1n) is 1.46. The molecule has 0 saturated carbocycles. The van der Waals surface area contributed by atoms with Gasteiger partial charge in [-0.3, -0.25) is 0 Å². The molecule has 0 aromatic heterocycles. The third kappa shape index (κ3) is 41.6. The van der Waals surface area contributed by atoms with E-state index in [1.165, 1.54) is 7.11 Å². The van der Waals surface area contributed by atoms with Crippen LogP contribution in [0.4, 0.5) is 0 Å². The summed E-state index contributed by atoms with van der Waals surface area (Å²) < 4.78 is 4.10. The summed E-state index contributed by atoms with van der Waals surface area (Å²) in [6.07, 6.45) is 0. The van der Waals surface area contributed by atoms with Gasteiger partial charge in [0.1, 0.15) is 6.79 Å². The SMILES string of the molecule is CO.COCO. The van der Waals surface area contributed by atoms with E-state index in [1.807, 2.05) is 0 Å². The predicted molar refractivity (Wildman–Crippen MR) is 22.2 cm³/mol. The molecule has 0 rings (SSSR count). The Morgan fingerprint density at radius 1 is 1.50 bits per heavy atom. The monoisotopic (exact) mass is 94.1 g/mol. The highest BCUT2D eigenvalue weighted by Crippen LogP contribution is 1.46. The van der Waals surface area contributed by atoms with Gasteiger partial charge in [-0.25, -0.2) is 0 Å². The first-order valence-corrected chi connectivity index (χ1v) is 1.46. The molecule has 0 spiro atoms. The van der Waals surface area contributed by atoms with Crippen LogP contribution in [0.25, 0.3) is 0 Å². The first-order chi connectivity index (χ1) is 2.91. The third-order valence-electron chi connectivity index (χ3n) is 0.129. The molecule has 3 nitrogen and oxygen atoms in total. The molecule has 0 atom stereocenters. The van der Waals surface area contributed by atoms with E-state index in [0.717, 1.165) is 7.11 Å². The molecule has 0 saturated heterocycles. The van der Waals surface area contributed by atoms with Gasteiger partial charge in [0.05, 0.1) is 0 Å². The van der Waals surface area contributed by atoms with E-state index in [1.54, 1.807) is 0 Å². The summed E-state index contributed by atoms with van der Waals surface area (Å²) >= 11 is 0. The fourth-order valence-electron chi connectivity index (χ4n) is 0. The fourth-order valence-corrected chi connectivity index (χ4v) is 0. The normalized spacial score (nSPS) is 6.00. The van der Waals surface area contributed by atoms with Crippen molar-refractivity contribution < 1.29 is 14.9 Å². The second-order valence-electron chi connectivity index (χ2n) is 0.418. The molecule has 6 heavy (non-hydrogen) atoms. The molecule has 3 heteroatoms. The Morgan fingerprint density at radius 2 is 1.67 bits per heavy atom. The number of hydrogen-bond donors (Lipinski definition) is 2. The summed E-state index contributed by atoms with van der Waals surface area (Å²) in [5, 5.41) is 14.7. The molecular formula is C3H10O3. The summed E-state index contributed by atoms with van der Waals surface area (Å²) in [6, 6.07) is 0. The minimum atomic E-state index is -0.181. The van der Waals surface area contributed by atoms with Gasteiger partial charge in [0, 0.05) is 14.2 Å². The van der Waals surface area contributed by atoms with Gasteiger partial charge in [0.25, 0.3) is 0 Å². The molecular weight excluding hydrogens is 84.0 g/mol. The zero-order valence-corrected chi connectivity index (χ0v) is 4.01.